The van der Waals surface area contributed by atoms with Crippen LogP contribution in [0.2, 0.25) is 0 Å². The van der Waals surface area contributed by atoms with E-state index in [1.54, 1.807) is 0 Å². The van der Waals surface area contributed by atoms with Crippen LogP contribution in [0.25, 0.3) is 0 Å². The van der Waals surface area contributed by atoms with Crippen LogP contribution in [0.4, 0.5) is 0 Å². The van der Waals surface area contributed by atoms with Gasteiger partial charge in [-0.25, -0.2) is 0 Å². The van der Waals surface area contributed by atoms with Crippen molar-refractivity contribution >= 4 is 0 Å². The van der Waals surface area contributed by atoms with E-state index in [9.17, 15) is 0 Å². The molecule has 0 bridgehead atoms. The molecule has 16 heavy (non-hydrogen) atoms. The highest BCUT2D eigenvalue weighted by atomic mass is 15.3. The second kappa shape index (κ2) is 5.00. The van der Waals surface area contributed by atoms with Crippen LogP contribution in [0.1, 0.15) is 55.1 Å². The maximum Gasteiger partial charge on any atom is 0.0628 e. The lowest BCUT2D eigenvalue weighted by Gasteiger charge is -2.12. The molecule has 2 rings (SSSR count). The highest BCUT2D eigenvalue weighted by Crippen LogP contribution is 2.31. The third kappa shape index (κ3) is 2.14. The van der Waals surface area contributed by atoms with E-state index in [-0.39, 0.29) is 0 Å². The maximum absolute atomic E-state index is 5.58. The Bertz CT molecular complexity index is 348. The molecule has 1 aliphatic rings. The minimum absolute atomic E-state index is 0.658. The molecule has 0 radical (unpaired) electrons. The van der Waals surface area contributed by atoms with Gasteiger partial charge in [-0.1, -0.05) is 12.8 Å². The van der Waals surface area contributed by atoms with Crippen LogP contribution in [-0.2, 0) is 6.42 Å². The second-order valence-electron chi connectivity index (χ2n) is 4.92. The van der Waals surface area contributed by atoms with Crippen molar-refractivity contribution < 1.29 is 0 Å². The largest absolute Gasteiger partial charge is 0.330 e. The predicted molar refractivity (Wildman–Crippen MR) is 66.6 cm³/mol. The molecule has 0 atom stereocenters. The zero-order valence-electron chi connectivity index (χ0n) is 10.5. The van der Waals surface area contributed by atoms with Crippen molar-refractivity contribution in [2.75, 3.05) is 6.54 Å². The van der Waals surface area contributed by atoms with Gasteiger partial charge in [0.15, 0.2) is 0 Å². The average molecular weight is 221 g/mol. The Morgan fingerprint density at radius 3 is 2.62 bits per heavy atom. The summed E-state index contributed by atoms with van der Waals surface area (Å²) in [6, 6.07) is 0.658. The fourth-order valence-electron chi connectivity index (χ4n) is 2.84. The van der Waals surface area contributed by atoms with Crippen molar-refractivity contribution in [3.63, 3.8) is 0 Å². The normalized spacial score (nSPS) is 17.2. The first-order valence-corrected chi connectivity index (χ1v) is 6.48. The van der Waals surface area contributed by atoms with E-state index in [0.29, 0.717) is 6.04 Å². The van der Waals surface area contributed by atoms with Crippen molar-refractivity contribution in [1.82, 2.24) is 9.78 Å². The first-order chi connectivity index (χ1) is 7.74. The van der Waals surface area contributed by atoms with Crippen molar-refractivity contribution in [3.8, 4) is 0 Å². The standard InChI is InChI=1S/C13H23N3/c1-10-13(8-5-9-14)11(2)16(15-10)12-6-3-4-7-12/h12H,3-9,14H2,1-2H3. The third-order valence-electron chi connectivity index (χ3n) is 3.78. The lowest BCUT2D eigenvalue weighted by atomic mass is 10.1. The van der Waals surface area contributed by atoms with Crippen molar-refractivity contribution in [2.24, 2.45) is 5.73 Å². The molecule has 1 saturated carbocycles. The lowest BCUT2D eigenvalue weighted by Crippen LogP contribution is -2.09. The molecule has 0 spiro atoms. The first kappa shape index (κ1) is 11.6. The maximum atomic E-state index is 5.58. The summed E-state index contributed by atoms with van der Waals surface area (Å²) in [5.74, 6) is 0. The summed E-state index contributed by atoms with van der Waals surface area (Å²) < 4.78 is 2.27. The van der Waals surface area contributed by atoms with Gasteiger partial charge in [-0.05, 0) is 51.6 Å². The molecular weight excluding hydrogens is 198 g/mol. The number of nitrogens with two attached hydrogens (primary N) is 1. The van der Waals surface area contributed by atoms with Crippen LogP contribution < -0.4 is 5.73 Å². The summed E-state index contributed by atoms with van der Waals surface area (Å²) in [5.41, 5.74) is 9.59. The predicted octanol–water partition coefficient (Wildman–Crippen LogP) is 2.51. The van der Waals surface area contributed by atoms with E-state index in [1.165, 1.54) is 42.6 Å². The third-order valence-corrected chi connectivity index (χ3v) is 3.78. The lowest BCUT2D eigenvalue weighted by molar-refractivity contribution is 0.454. The van der Waals surface area contributed by atoms with Gasteiger partial charge in [0.2, 0.25) is 0 Å². The number of aromatic nitrogens is 2. The summed E-state index contributed by atoms with van der Waals surface area (Å²) in [5, 5.41) is 4.72. The molecule has 1 aromatic heterocycles. The second-order valence-corrected chi connectivity index (χ2v) is 4.92. The molecule has 1 aromatic rings. The fraction of sp³-hybridized carbons (Fsp3) is 0.769. The molecule has 1 aliphatic carbocycles. The van der Waals surface area contributed by atoms with Crippen LogP contribution in [0.15, 0.2) is 0 Å². The topological polar surface area (TPSA) is 43.8 Å². The molecule has 1 fully saturated rings. The number of hydrogen-bond acceptors (Lipinski definition) is 2. The molecule has 0 aromatic carbocycles. The minimum Gasteiger partial charge on any atom is -0.330 e. The highest BCUT2D eigenvalue weighted by Gasteiger charge is 2.21. The van der Waals surface area contributed by atoms with E-state index in [4.69, 9.17) is 10.8 Å². The zero-order valence-corrected chi connectivity index (χ0v) is 10.5. The van der Waals surface area contributed by atoms with E-state index in [2.05, 4.69) is 18.5 Å². The van der Waals surface area contributed by atoms with Gasteiger partial charge in [-0.2, -0.15) is 5.10 Å². The quantitative estimate of drug-likeness (QED) is 0.849. The Morgan fingerprint density at radius 2 is 2.00 bits per heavy atom. The van der Waals surface area contributed by atoms with Gasteiger partial charge in [0.25, 0.3) is 0 Å². The van der Waals surface area contributed by atoms with Gasteiger partial charge < -0.3 is 5.73 Å². The molecule has 2 N–H and O–H groups in total. The number of rotatable bonds is 4. The molecule has 0 aliphatic heterocycles. The van der Waals surface area contributed by atoms with Crippen molar-refractivity contribution in [3.05, 3.63) is 17.0 Å². The Morgan fingerprint density at radius 1 is 1.31 bits per heavy atom. The van der Waals surface area contributed by atoms with Crippen LogP contribution >= 0.6 is 0 Å². The van der Waals surface area contributed by atoms with Crippen molar-refractivity contribution in [1.29, 1.82) is 0 Å². The molecule has 1 heterocycles. The zero-order chi connectivity index (χ0) is 11.5. The SMILES string of the molecule is Cc1nn(C2CCCC2)c(C)c1CCCN. The summed E-state index contributed by atoms with van der Waals surface area (Å²) in [6.45, 7) is 5.11. The van der Waals surface area contributed by atoms with E-state index >= 15 is 0 Å². The van der Waals surface area contributed by atoms with Gasteiger partial charge in [0.05, 0.1) is 11.7 Å². The average Bonchev–Trinajstić information content (AvgIpc) is 2.86. The summed E-state index contributed by atoms with van der Waals surface area (Å²) in [7, 11) is 0. The highest BCUT2D eigenvalue weighted by molar-refractivity contribution is 5.25. The Labute approximate surface area is 98.0 Å². The Balaban J connectivity index is 2.19. The summed E-state index contributed by atoms with van der Waals surface area (Å²) >= 11 is 0. The molecule has 0 saturated heterocycles. The van der Waals surface area contributed by atoms with Gasteiger partial charge in [-0.15, -0.1) is 0 Å². The van der Waals surface area contributed by atoms with Crippen LogP contribution in [0.3, 0.4) is 0 Å². The molecule has 3 nitrogen and oxygen atoms in total. The molecule has 0 amide bonds. The first-order valence-electron chi connectivity index (χ1n) is 6.48. The smallest absolute Gasteiger partial charge is 0.0628 e. The van der Waals surface area contributed by atoms with Gasteiger partial charge in [0, 0.05) is 5.69 Å². The van der Waals surface area contributed by atoms with Gasteiger partial charge in [-0.3, -0.25) is 4.68 Å². The Hall–Kier alpha value is -0.830. The summed E-state index contributed by atoms with van der Waals surface area (Å²) in [6.07, 6.45) is 7.48. The van der Waals surface area contributed by atoms with Gasteiger partial charge >= 0.3 is 0 Å². The van der Waals surface area contributed by atoms with Crippen molar-refractivity contribution in [2.45, 2.75) is 58.4 Å². The number of aryl methyl sites for hydroxylation is 1. The molecular formula is C13H23N3. The molecule has 3 heteroatoms. The van der Waals surface area contributed by atoms with E-state index in [1.807, 2.05) is 0 Å². The van der Waals surface area contributed by atoms with Crippen LogP contribution in [0.5, 0.6) is 0 Å². The Kier molecular flexibility index (Phi) is 3.64. The molecule has 90 valence electrons. The van der Waals surface area contributed by atoms with Crippen LogP contribution in [-0.4, -0.2) is 16.3 Å². The van der Waals surface area contributed by atoms with E-state index in [0.717, 1.165) is 19.4 Å². The number of hydrogen-bond donors (Lipinski definition) is 1. The monoisotopic (exact) mass is 221 g/mol. The van der Waals surface area contributed by atoms with E-state index < -0.39 is 0 Å². The summed E-state index contributed by atoms with van der Waals surface area (Å²) in [4.78, 5) is 0. The minimum atomic E-state index is 0.658. The van der Waals surface area contributed by atoms with Crippen LogP contribution in [0, 0.1) is 13.8 Å². The fourth-order valence-corrected chi connectivity index (χ4v) is 2.84. The molecule has 0 unspecified atom stereocenters. The van der Waals surface area contributed by atoms with Gasteiger partial charge in [0.1, 0.15) is 0 Å². The number of nitrogens with zero attached hydrogens (tertiary/aromatic N) is 2.